The van der Waals surface area contributed by atoms with Crippen LogP contribution in [0.1, 0.15) is 291 Å². The summed E-state index contributed by atoms with van der Waals surface area (Å²) >= 11 is 0. The van der Waals surface area contributed by atoms with E-state index in [1.54, 1.807) is 0 Å². The number of hydrogen-bond acceptors (Lipinski definition) is 6. The highest BCUT2D eigenvalue weighted by atomic mass is 16.6. The Bertz CT molecular complexity index is 872. The molecule has 344 valence electrons. The van der Waals surface area contributed by atoms with Crippen LogP contribution in [0.25, 0.3) is 0 Å². The van der Waals surface area contributed by atoms with Gasteiger partial charge in [-0.05, 0) is 25.2 Å². The third-order valence-corrected chi connectivity index (χ3v) is 11.8. The van der Waals surface area contributed by atoms with Crippen LogP contribution in [0.15, 0.2) is 0 Å². The van der Waals surface area contributed by atoms with Crippen molar-refractivity contribution in [2.45, 2.75) is 297 Å². The van der Waals surface area contributed by atoms with Gasteiger partial charge < -0.3 is 14.2 Å². The molecular formula is C52H100O6. The summed E-state index contributed by atoms with van der Waals surface area (Å²) in [6.45, 7) is 8.98. The first-order valence-electron chi connectivity index (χ1n) is 25.9. The molecule has 0 saturated carbocycles. The van der Waals surface area contributed by atoms with Gasteiger partial charge in [0.05, 0.1) is 0 Å². The zero-order valence-corrected chi connectivity index (χ0v) is 39.5. The lowest BCUT2D eigenvalue weighted by atomic mass is 10.0. The van der Waals surface area contributed by atoms with Crippen molar-refractivity contribution in [1.82, 2.24) is 0 Å². The fraction of sp³-hybridized carbons (Fsp3) is 0.942. The fourth-order valence-electron chi connectivity index (χ4n) is 7.86. The minimum Gasteiger partial charge on any atom is -0.462 e. The summed E-state index contributed by atoms with van der Waals surface area (Å²) in [5.41, 5.74) is 0. The summed E-state index contributed by atoms with van der Waals surface area (Å²) < 4.78 is 16.8. The maximum Gasteiger partial charge on any atom is 0.306 e. The Morgan fingerprint density at radius 3 is 0.845 bits per heavy atom. The van der Waals surface area contributed by atoms with Crippen LogP contribution in [0.3, 0.4) is 0 Å². The molecule has 0 spiro atoms. The van der Waals surface area contributed by atoms with Gasteiger partial charge in [-0.25, -0.2) is 0 Å². The van der Waals surface area contributed by atoms with Crippen LogP contribution in [0, 0.1) is 5.92 Å². The number of ether oxygens (including phenoxy) is 3. The molecule has 0 aromatic rings. The average Bonchev–Trinajstić information content (AvgIpc) is 3.21. The van der Waals surface area contributed by atoms with Crippen molar-refractivity contribution >= 4 is 17.9 Å². The number of unbranched alkanes of at least 4 members (excludes halogenated alkanes) is 34. The molecule has 0 rings (SSSR count). The maximum absolute atomic E-state index is 12.7. The Morgan fingerprint density at radius 2 is 0.569 bits per heavy atom. The van der Waals surface area contributed by atoms with Gasteiger partial charge in [0.25, 0.3) is 0 Å². The molecular weight excluding hydrogens is 721 g/mol. The van der Waals surface area contributed by atoms with E-state index in [2.05, 4.69) is 27.7 Å². The molecule has 0 aliphatic heterocycles. The normalized spacial score (nSPS) is 11.9. The molecule has 0 aromatic carbocycles. The summed E-state index contributed by atoms with van der Waals surface area (Å²) in [6, 6.07) is 0. The quantitative estimate of drug-likeness (QED) is 0.0346. The number of carbonyl (C=O) groups is 3. The minimum atomic E-state index is -0.761. The number of esters is 3. The second-order valence-corrected chi connectivity index (χ2v) is 18.3. The van der Waals surface area contributed by atoms with E-state index in [1.165, 1.54) is 186 Å². The Labute approximate surface area is 361 Å². The van der Waals surface area contributed by atoms with Crippen molar-refractivity contribution in [3.63, 3.8) is 0 Å². The van der Waals surface area contributed by atoms with Crippen molar-refractivity contribution in [3.05, 3.63) is 0 Å². The number of carbonyl (C=O) groups excluding carboxylic acids is 3. The fourth-order valence-corrected chi connectivity index (χ4v) is 7.86. The molecule has 58 heavy (non-hydrogen) atoms. The van der Waals surface area contributed by atoms with Crippen molar-refractivity contribution < 1.29 is 28.6 Å². The van der Waals surface area contributed by atoms with E-state index < -0.39 is 6.10 Å². The highest BCUT2D eigenvalue weighted by molar-refractivity contribution is 5.71. The van der Waals surface area contributed by atoms with Gasteiger partial charge in [0.1, 0.15) is 13.2 Å². The molecule has 0 bridgehead atoms. The van der Waals surface area contributed by atoms with Crippen LogP contribution in [-0.2, 0) is 28.6 Å². The largest absolute Gasteiger partial charge is 0.462 e. The van der Waals surface area contributed by atoms with Gasteiger partial charge in [-0.15, -0.1) is 0 Å². The van der Waals surface area contributed by atoms with Crippen LogP contribution in [0.5, 0.6) is 0 Å². The smallest absolute Gasteiger partial charge is 0.306 e. The first kappa shape index (κ1) is 56.4. The van der Waals surface area contributed by atoms with Gasteiger partial charge in [0.2, 0.25) is 0 Å². The van der Waals surface area contributed by atoms with Gasteiger partial charge in [0.15, 0.2) is 6.10 Å². The van der Waals surface area contributed by atoms with E-state index in [0.29, 0.717) is 19.3 Å². The lowest BCUT2D eigenvalue weighted by molar-refractivity contribution is -0.167. The van der Waals surface area contributed by atoms with Gasteiger partial charge in [0, 0.05) is 19.3 Å². The Balaban J connectivity index is 4.26. The summed E-state index contributed by atoms with van der Waals surface area (Å²) in [4.78, 5) is 37.9. The lowest BCUT2D eigenvalue weighted by Crippen LogP contribution is -2.30. The van der Waals surface area contributed by atoms with E-state index >= 15 is 0 Å². The first-order chi connectivity index (χ1) is 28.4. The molecule has 0 radical (unpaired) electrons. The second kappa shape index (κ2) is 46.5. The molecule has 0 aromatic heterocycles. The van der Waals surface area contributed by atoms with Crippen molar-refractivity contribution in [2.24, 2.45) is 5.92 Å². The van der Waals surface area contributed by atoms with Gasteiger partial charge in [-0.2, -0.15) is 0 Å². The SMILES string of the molecule is CCCCCCCCCCCCCCCCCCC(=O)OC[C@@H](COC(=O)CCCCCCCCCCCCCCCC)OC(=O)CCCCCCCCCC(C)C. The zero-order valence-electron chi connectivity index (χ0n) is 39.5. The lowest BCUT2D eigenvalue weighted by Gasteiger charge is -2.18. The summed E-state index contributed by atoms with van der Waals surface area (Å²) in [5.74, 6) is -0.0697. The molecule has 0 unspecified atom stereocenters. The Morgan fingerprint density at radius 1 is 0.328 bits per heavy atom. The molecule has 0 aliphatic carbocycles. The molecule has 1 atom stereocenters. The van der Waals surface area contributed by atoms with E-state index in [1.807, 2.05) is 0 Å². The minimum absolute atomic E-state index is 0.0635. The zero-order chi connectivity index (χ0) is 42.4. The monoisotopic (exact) mass is 821 g/mol. The van der Waals surface area contributed by atoms with Crippen molar-refractivity contribution in [2.75, 3.05) is 13.2 Å². The molecule has 0 aliphatic rings. The standard InChI is InChI=1S/C52H100O6/c1-5-7-9-11-13-15-17-19-21-22-24-26-28-32-36-40-44-51(54)57-47-49(58-52(55)45-41-37-33-29-30-34-38-42-48(3)4)46-56-50(53)43-39-35-31-27-25-23-20-18-16-14-12-10-8-6-2/h48-49H,5-47H2,1-4H3/t49-/m1/s1. The summed E-state index contributed by atoms with van der Waals surface area (Å²) in [5, 5.41) is 0. The number of hydrogen-bond donors (Lipinski definition) is 0. The van der Waals surface area contributed by atoms with Crippen LogP contribution in [-0.4, -0.2) is 37.2 Å². The highest BCUT2D eigenvalue weighted by Gasteiger charge is 2.19. The van der Waals surface area contributed by atoms with Crippen molar-refractivity contribution in [1.29, 1.82) is 0 Å². The summed E-state index contributed by atoms with van der Waals surface area (Å²) in [6.07, 6.45) is 48.1. The predicted octanol–water partition coefficient (Wildman–Crippen LogP) is 16.7. The van der Waals surface area contributed by atoms with Crippen molar-refractivity contribution in [3.8, 4) is 0 Å². The topological polar surface area (TPSA) is 78.9 Å². The average molecular weight is 821 g/mol. The number of rotatable bonds is 47. The van der Waals surface area contributed by atoms with E-state index in [4.69, 9.17) is 14.2 Å². The van der Waals surface area contributed by atoms with Gasteiger partial charge >= 0.3 is 17.9 Å². The van der Waals surface area contributed by atoms with Crippen LogP contribution in [0.4, 0.5) is 0 Å². The first-order valence-corrected chi connectivity index (χ1v) is 25.9. The highest BCUT2D eigenvalue weighted by Crippen LogP contribution is 2.17. The molecule has 6 nitrogen and oxygen atoms in total. The van der Waals surface area contributed by atoms with Gasteiger partial charge in [-0.3, -0.25) is 14.4 Å². The van der Waals surface area contributed by atoms with Gasteiger partial charge in [-0.1, -0.05) is 252 Å². The predicted molar refractivity (Wildman–Crippen MR) is 247 cm³/mol. The van der Waals surface area contributed by atoms with Crippen LogP contribution in [0.2, 0.25) is 0 Å². The molecule has 0 heterocycles. The Hall–Kier alpha value is -1.59. The van der Waals surface area contributed by atoms with E-state index in [-0.39, 0.29) is 31.1 Å². The second-order valence-electron chi connectivity index (χ2n) is 18.3. The Kier molecular flexibility index (Phi) is 45.2. The molecule has 0 N–H and O–H groups in total. The molecule has 0 saturated heterocycles. The summed E-state index contributed by atoms with van der Waals surface area (Å²) in [7, 11) is 0. The molecule has 0 amide bonds. The maximum atomic E-state index is 12.7. The van der Waals surface area contributed by atoms with E-state index in [0.717, 1.165) is 63.7 Å². The van der Waals surface area contributed by atoms with Crippen LogP contribution < -0.4 is 0 Å². The third kappa shape index (κ3) is 45.5. The van der Waals surface area contributed by atoms with E-state index in [9.17, 15) is 14.4 Å². The van der Waals surface area contributed by atoms with Crippen LogP contribution >= 0.6 is 0 Å². The molecule has 0 fully saturated rings. The molecule has 6 heteroatoms. The third-order valence-electron chi connectivity index (χ3n) is 11.8.